The summed E-state index contributed by atoms with van der Waals surface area (Å²) in [5.41, 5.74) is 2.28. The van der Waals surface area contributed by atoms with Crippen LogP contribution < -0.4 is 5.32 Å². The summed E-state index contributed by atoms with van der Waals surface area (Å²) in [7, 11) is 1.52. The monoisotopic (exact) mass is 322 g/mol. The number of fused-ring (bicyclic) bond motifs is 1. The number of hydrogen-bond donors (Lipinski definition) is 1. The van der Waals surface area contributed by atoms with Crippen molar-refractivity contribution in [1.29, 1.82) is 0 Å². The summed E-state index contributed by atoms with van der Waals surface area (Å²) >= 11 is 0. The maximum atomic E-state index is 12.0. The van der Waals surface area contributed by atoms with Gasteiger partial charge >= 0.3 is 0 Å². The first-order chi connectivity index (χ1) is 11.6. The molecule has 120 valence electrons. The molecule has 0 aromatic heterocycles. The summed E-state index contributed by atoms with van der Waals surface area (Å²) in [5, 5.41) is 13.6. The Labute approximate surface area is 137 Å². The number of aliphatic imine (C=N–C) groups is 2. The second kappa shape index (κ2) is 6.41. The molecule has 1 amide bonds. The molecule has 3 rings (SSSR count). The van der Waals surface area contributed by atoms with Crippen LogP contribution >= 0.6 is 0 Å². The number of nitrogens with one attached hydrogen (secondary N) is 1. The number of rotatable bonds is 3. The Morgan fingerprint density at radius 1 is 1.21 bits per heavy atom. The number of non-ortho nitro benzene ring substituents is 1. The average molecular weight is 322 g/mol. The van der Waals surface area contributed by atoms with E-state index >= 15 is 0 Å². The Kier molecular flexibility index (Phi) is 4.15. The van der Waals surface area contributed by atoms with Gasteiger partial charge < -0.3 is 5.32 Å². The molecular formula is C17H14N4O3. The molecule has 1 N–H and O–H groups in total. The average Bonchev–Trinajstić information content (AvgIpc) is 2.81. The molecule has 0 radical (unpaired) electrons. The van der Waals surface area contributed by atoms with Gasteiger partial charge in [0.1, 0.15) is 0 Å². The topological polar surface area (TPSA) is 97.0 Å². The number of carbonyl (C=O) groups is 1. The van der Waals surface area contributed by atoms with Crippen LogP contribution in [-0.2, 0) is 4.79 Å². The Hall–Kier alpha value is -3.35. The highest BCUT2D eigenvalue weighted by atomic mass is 16.6. The van der Waals surface area contributed by atoms with Crippen LogP contribution in [0.4, 0.5) is 11.4 Å². The first-order valence-corrected chi connectivity index (χ1v) is 7.28. The van der Waals surface area contributed by atoms with Crippen molar-refractivity contribution >= 4 is 29.2 Å². The van der Waals surface area contributed by atoms with Gasteiger partial charge in [0.25, 0.3) is 5.69 Å². The molecule has 7 heteroatoms. The van der Waals surface area contributed by atoms with Crippen molar-refractivity contribution in [3.63, 3.8) is 0 Å². The van der Waals surface area contributed by atoms with Crippen molar-refractivity contribution in [3.05, 3.63) is 69.8 Å². The van der Waals surface area contributed by atoms with Crippen LogP contribution in [0.2, 0.25) is 0 Å². The van der Waals surface area contributed by atoms with Crippen molar-refractivity contribution in [3.8, 4) is 0 Å². The highest BCUT2D eigenvalue weighted by Crippen LogP contribution is 2.29. The molecule has 24 heavy (non-hydrogen) atoms. The normalized spacial score (nSPS) is 15.9. The van der Waals surface area contributed by atoms with Gasteiger partial charge in [-0.1, -0.05) is 30.3 Å². The van der Waals surface area contributed by atoms with Crippen molar-refractivity contribution in [1.82, 2.24) is 5.32 Å². The van der Waals surface area contributed by atoms with E-state index in [-0.39, 0.29) is 11.6 Å². The lowest BCUT2D eigenvalue weighted by atomic mass is 10.00. The summed E-state index contributed by atoms with van der Waals surface area (Å²) in [6, 6.07) is 12.8. The molecule has 1 unspecified atom stereocenters. The molecule has 0 bridgehead atoms. The quantitative estimate of drug-likeness (QED) is 0.693. The smallest absolute Gasteiger partial charge is 0.270 e. The molecular weight excluding hydrogens is 308 g/mol. The first-order valence-electron chi connectivity index (χ1n) is 7.28. The van der Waals surface area contributed by atoms with Gasteiger partial charge in [-0.3, -0.25) is 24.9 Å². The minimum Gasteiger partial charge on any atom is -0.357 e. The molecule has 0 aliphatic carbocycles. The van der Waals surface area contributed by atoms with E-state index in [0.717, 1.165) is 5.56 Å². The minimum atomic E-state index is -0.795. The van der Waals surface area contributed by atoms with Gasteiger partial charge in [-0.05, 0) is 6.07 Å². The van der Waals surface area contributed by atoms with Crippen molar-refractivity contribution in [2.24, 2.45) is 9.98 Å². The summed E-state index contributed by atoms with van der Waals surface area (Å²) in [5.74, 6) is -0.297. The standard InChI is InChI=1S/C17H14N4O3/c1-18-17(22)15-10-19-14-8-7-12(21(23)24)9-13(14)16(20-15)11-5-3-2-4-6-11/h2-10,15H,1H3,(H,18,22). The third-order valence-corrected chi connectivity index (χ3v) is 3.63. The summed E-state index contributed by atoms with van der Waals surface area (Å²) < 4.78 is 0. The lowest BCUT2D eigenvalue weighted by molar-refractivity contribution is -0.384. The number of nitrogens with zero attached hydrogens (tertiary/aromatic N) is 3. The fraction of sp³-hybridized carbons (Fsp3) is 0.118. The third-order valence-electron chi connectivity index (χ3n) is 3.63. The predicted octanol–water partition coefficient (Wildman–Crippen LogP) is 2.26. The molecule has 2 aromatic rings. The van der Waals surface area contributed by atoms with Crippen LogP contribution in [0.3, 0.4) is 0 Å². The maximum Gasteiger partial charge on any atom is 0.270 e. The van der Waals surface area contributed by atoms with Gasteiger partial charge in [0, 0.05) is 36.5 Å². The summed E-state index contributed by atoms with van der Waals surface area (Å²) in [6.07, 6.45) is 1.44. The first kappa shape index (κ1) is 15.5. The van der Waals surface area contributed by atoms with Crippen molar-refractivity contribution in [2.45, 2.75) is 6.04 Å². The Morgan fingerprint density at radius 3 is 2.62 bits per heavy atom. The summed E-state index contributed by atoms with van der Waals surface area (Å²) in [4.78, 5) is 31.4. The number of likely N-dealkylation sites (N-methyl/N-ethyl adjacent to an activating group) is 1. The number of benzene rings is 2. The summed E-state index contributed by atoms with van der Waals surface area (Å²) in [6.45, 7) is 0. The molecule has 1 aliphatic rings. The fourth-order valence-electron chi connectivity index (χ4n) is 2.43. The molecule has 7 nitrogen and oxygen atoms in total. The van der Waals surface area contributed by atoms with Gasteiger partial charge in [-0.2, -0.15) is 0 Å². The zero-order valence-electron chi connectivity index (χ0n) is 12.8. The molecule has 2 aromatic carbocycles. The Morgan fingerprint density at radius 2 is 1.96 bits per heavy atom. The SMILES string of the molecule is CNC(=O)C1C=Nc2ccc([N+](=O)[O-])cc2C(c2ccccc2)=N1. The molecule has 1 aliphatic heterocycles. The van der Waals surface area contributed by atoms with E-state index in [1.165, 1.54) is 25.4 Å². The maximum absolute atomic E-state index is 12.0. The van der Waals surface area contributed by atoms with Crippen LogP contribution in [0.15, 0.2) is 58.5 Å². The molecule has 0 saturated heterocycles. The van der Waals surface area contributed by atoms with Crippen LogP contribution in [-0.4, -0.2) is 35.8 Å². The van der Waals surface area contributed by atoms with Crippen molar-refractivity contribution < 1.29 is 9.72 Å². The zero-order chi connectivity index (χ0) is 17.1. The lowest BCUT2D eigenvalue weighted by Gasteiger charge is -2.10. The predicted molar refractivity (Wildman–Crippen MR) is 91.2 cm³/mol. The van der Waals surface area contributed by atoms with E-state index in [9.17, 15) is 14.9 Å². The number of hydrogen-bond acceptors (Lipinski definition) is 5. The Bertz CT molecular complexity index is 859. The second-order valence-corrected chi connectivity index (χ2v) is 5.14. The molecule has 1 heterocycles. The molecule has 0 spiro atoms. The Balaban J connectivity index is 2.22. The number of carbonyl (C=O) groups excluding carboxylic acids is 1. The second-order valence-electron chi connectivity index (χ2n) is 5.14. The lowest BCUT2D eigenvalue weighted by Crippen LogP contribution is -2.32. The van der Waals surface area contributed by atoms with E-state index < -0.39 is 11.0 Å². The largest absolute Gasteiger partial charge is 0.357 e. The third kappa shape index (κ3) is 2.91. The van der Waals surface area contributed by atoms with E-state index in [1.807, 2.05) is 30.3 Å². The van der Waals surface area contributed by atoms with E-state index in [4.69, 9.17) is 0 Å². The minimum absolute atomic E-state index is 0.0500. The molecule has 0 saturated carbocycles. The number of nitro benzene ring substituents is 1. The molecule has 1 atom stereocenters. The van der Waals surface area contributed by atoms with E-state index in [2.05, 4.69) is 15.3 Å². The van der Waals surface area contributed by atoms with Crippen LogP contribution in [0.25, 0.3) is 0 Å². The van der Waals surface area contributed by atoms with E-state index in [1.54, 1.807) is 6.07 Å². The van der Waals surface area contributed by atoms with Gasteiger partial charge in [0.2, 0.25) is 5.91 Å². The number of amides is 1. The van der Waals surface area contributed by atoms with Crippen molar-refractivity contribution in [2.75, 3.05) is 7.05 Å². The van der Waals surface area contributed by atoms with Crippen LogP contribution in [0.5, 0.6) is 0 Å². The highest BCUT2D eigenvalue weighted by molar-refractivity contribution is 6.19. The fourth-order valence-corrected chi connectivity index (χ4v) is 2.43. The molecule has 0 fully saturated rings. The van der Waals surface area contributed by atoms with Gasteiger partial charge in [0.15, 0.2) is 6.04 Å². The van der Waals surface area contributed by atoms with Crippen LogP contribution in [0.1, 0.15) is 11.1 Å². The van der Waals surface area contributed by atoms with Gasteiger partial charge in [-0.25, -0.2) is 0 Å². The van der Waals surface area contributed by atoms with Gasteiger partial charge in [0.05, 0.1) is 16.3 Å². The zero-order valence-corrected chi connectivity index (χ0v) is 12.8. The highest BCUT2D eigenvalue weighted by Gasteiger charge is 2.23. The van der Waals surface area contributed by atoms with Gasteiger partial charge in [-0.15, -0.1) is 0 Å². The number of nitro groups is 1. The van der Waals surface area contributed by atoms with Crippen LogP contribution in [0, 0.1) is 10.1 Å². The van der Waals surface area contributed by atoms with E-state index in [0.29, 0.717) is 17.0 Å².